The highest BCUT2D eigenvalue weighted by atomic mass is 16.7. The van der Waals surface area contributed by atoms with Crippen molar-refractivity contribution in [3.05, 3.63) is 85.1 Å². The number of rotatable bonds is 41. The van der Waals surface area contributed by atoms with Gasteiger partial charge in [-0.2, -0.15) is 0 Å². The third-order valence-electron chi connectivity index (χ3n) is 10.8. The van der Waals surface area contributed by atoms with Crippen LogP contribution in [-0.2, 0) is 23.7 Å². The van der Waals surface area contributed by atoms with Crippen LogP contribution in [0.1, 0.15) is 181 Å². The SMILES string of the molecule is CC/C=C\C/C=C\C/C=C\C/C=C\C/C=C\CCCCCCCC(=O)OC(COCCCCCCCCCC/C=C\C/C=C\CCCCC)COC1OC(CO)C(O)C(O)C1O. The third-order valence-corrected chi connectivity index (χ3v) is 10.8. The monoisotopic (exact) mass is 871 g/mol. The van der Waals surface area contributed by atoms with Crippen LogP contribution in [0.15, 0.2) is 85.1 Å². The normalized spacial score (nSPS) is 20.5. The van der Waals surface area contributed by atoms with Crippen molar-refractivity contribution in [2.24, 2.45) is 0 Å². The number of hydrogen-bond donors (Lipinski definition) is 4. The van der Waals surface area contributed by atoms with Crippen LogP contribution in [0.5, 0.6) is 0 Å². The molecule has 0 amide bonds. The summed E-state index contributed by atoms with van der Waals surface area (Å²) in [5.74, 6) is -0.337. The summed E-state index contributed by atoms with van der Waals surface area (Å²) in [5, 5.41) is 40.2. The average molecular weight is 871 g/mol. The molecule has 1 rings (SSSR count). The summed E-state index contributed by atoms with van der Waals surface area (Å²) in [6, 6.07) is 0. The Balaban J connectivity index is 2.26. The molecule has 356 valence electrons. The quantitative estimate of drug-likeness (QED) is 0.0269. The number of carbonyl (C=O) groups excluding carboxylic acids is 1. The van der Waals surface area contributed by atoms with Crippen molar-refractivity contribution >= 4 is 5.97 Å². The molecule has 62 heavy (non-hydrogen) atoms. The van der Waals surface area contributed by atoms with Gasteiger partial charge in [-0.1, -0.05) is 170 Å². The molecule has 4 N–H and O–H groups in total. The predicted molar refractivity (Wildman–Crippen MR) is 256 cm³/mol. The van der Waals surface area contributed by atoms with Gasteiger partial charge >= 0.3 is 5.97 Å². The molecular weight excluding hydrogens is 781 g/mol. The second-order valence-electron chi connectivity index (χ2n) is 16.5. The Labute approximate surface area is 378 Å². The highest BCUT2D eigenvalue weighted by Crippen LogP contribution is 2.22. The number of ether oxygens (including phenoxy) is 4. The van der Waals surface area contributed by atoms with Crippen molar-refractivity contribution in [3.8, 4) is 0 Å². The van der Waals surface area contributed by atoms with E-state index in [2.05, 4.69) is 98.9 Å². The van der Waals surface area contributed by atoms with E-state index in [0.717, 1.165) is 96.3 Å². The van der Waals surface area contributed by atoms with E-state index in [1.807, 2.05) is 0 Å². The van der Waals surface area contributed by atoms with E-state index in [1.165, 1.54) is 64.2 Å². The zero-order valence-corrected chi connectivity index (χ0v) is 39.1. The Kier molecular flexibility index (Phi) is 40.4. The summed E-state index contributed by atoms with van der Waals surface area (Å²) < 4.78 is 22.9. The summed E-state index contributed by atoms with van der Waals surface area (Å²) >= 11 is 0. The van der Waals surface area contributed by atoms with Crippen LogP contribution in [0.3, 0.4) is 0 Å². The summed E-state index contributed by atoms with van der Waals surface area (Å²) in [5.41, 5.74) is 0. The minimum atomic E-state index is -1.55. The van der Waals surface area contributed by atoms with Crippen molar-refractivity contribution < 1.29 is 44.2 Å². The van der Waals surface area contributed by atoms with Crippen molar-refractivity contribution in [3.63, 3.8) is 0 Å². The molecule has 0 aliphatic carbocycles. The standard InChI is InChI=1S/C53H90O9/c1-3-5-7-9-11-13-15-17-19-21-23-24-25-26-28-30-32-34-36-38-40-42-49(55)61-47(46-60-53-52(58)51(57)50(56)48(44-54)62-53)45-59-43-41-39-37-35-33-31-29-27-22-20-18-16-14-12-10-8-6-4-2/h5,7,11-14,17-20,23-24,26,28,47-48,50-54,56-58H,3-4,6,8-10,15-16,21-22,25,27,29-46H2,1-2H3/b7-5-,13-11-,14-12-,19-17-,20-18-,24-23-,28-26-. The smallest absolute Gasteiger partial charge is 0.306 e. The van der Waals surface area contributed by atoms with E-state index in [1.54, 1.807) is 0 Å². The van der Waals surface area contributed by atoms with Crippen LogP contribution in [0.4, 0.5) is 0 Å². The number of esters is 1. The first kappa shape index (κ1) is 57.4. The van der Waals surface area contributed by atoms with E-state index >= 15 is 0 Å². The van der Waals surface area contributed by atoms with Gasteiger partial charge in [0.05, 0.1) is 19.8 Å². The molecule has 0 radical (unpaired) electrons. The minimum Gasteiger partial charge on any atom is -0.457 e. The first-order valence-electron chi connectivity index (χ1n) is 24.7. The van der Waals surface area contributed by atoms with Gasteiger partial charge in [-0.25, -0.2) is 0 Å². The number of aliphatic hydroxyl groups is 4. The van der Waals surface area contributed by atoms with Gasteiger partial charge < -0.3 is 39.4 Å². The van der Waals surface area contributed by atoms with E-state index in [4.69, 9.17) is 18.9 Å². The van der Waals surface area contributed by atoms with Gasteiger partial charge in [0.1, 0.15) is 30.5 Å². The number of aliphatic hydroxyl groups excluding tert-OH is 4. The summed E-state index contributed by atoms with van der Waals surface area (Å²) in [4.78, 5) is 12.8. The second-order valence-corrected chi connectivity index (χ2v) is 16.5. The van der Waals surface area contributed by atoms with Crippen molar-refractivity contribution in [1.82, 2.24) is 0 Å². The maximum absolute atomic E-state index is 12.8. The molecule has 0 saturated carbocycles. The number of carbonyl (C=O) groups is 1. The van der Waals surface area contributed by atoms with Crippen molar-refractivity contribution in [1.29, 1.82) is 0 Å². The maximum atomic E-state index is 12.8. The number of allylic oxidation sites excluding steroid dienone is 14. The molecule has 1 heterocycles. The first-order valence-corrected chi connectivity index (χ1v) is 24.7. The second kappa shape index (κ2) is 43.6. The molecule has 6 atom stereocenters. The number of unbranched alkanes of at least 4 members (excludes halogenated alkanes) is 16. The lowest BCUT2D eigenvalue weighted by atomic mass is 9.99. The van der Waals surface area contributed by atoms with Crippen LogP contribution in [-0.4, -0.2) is 89.6 Å². The fraction of sp³-hybridized carbons (Fsp3) is 0.717. The van der Waals surface area contributed by atoms with Crippen molar-refractivity contribution in [2.45, 2.75) is 218 Å². The molecule has 0 aromatic carbocycles. The molecule has 9 nitrogen and oxygen atoms in total. The highest BCUT2D eigenvalue weighted by Gasteiger charge is 2.44. The van der Waals surface area contributed by atoms with Crippen LogP contribution in [0, 0.1) is 0 Å². The lowest BCUT2D eigenvalue weighted by molar-refractivity contribution is -0.305. The summed E-state index contributed by atoms with van der Waals surface area (Å²) in [6.07, 6.45) is 51.7. The molecular formula is C53H90O9. The molecule has 1 aliphatic heterocycles. The van der Waals surface area contributed by atoms with Crippen molar-refractivity contribution in [2.75, 3.05) is 26.4 Å². The van der Waals surface area contributed by atoms with Gasteiger partial charge in [0.2, 0.25) is 0 Å². The largest absolute Gasteiger partial charge is 0.457 e. The lowest BCUT2D eigenvalue weighted by Gasteiger charge is -2.39. The van der Waals surface area contributed by atoms with Gasteiger partial charge in [0.25, 0.3) is 0 Å². The van der Waals surface area contributed by atoms with Gasteiger partial charge in [-0.3, -0.25) is 4.79 Å². The van der Waals surface area contributed by atoms with Crippen LogP contribution in [0.2, 0.25) is 0 Å². The Morgan fingerprint density at radius 1 is 0.532 bits per heavy atom. The lowest BCUT2D eigenvalue weighted by Crippen LogP contribution is -2.59. The molecule has 9 heteroatoms. The fourth-order valence-corrected chi connectivity index (χ4v) is 6.96. The van der Waals surface area contributed by atoms with Gasteiger partial charge in [-0.15, -0.1) is 0 Å². The Bertz CT molecular complexity index is 1220. The molecule has 0 bridgehead atoms. The Morgan fingerprint density at radius 3 is 1.48 bits per heavy atom. The predicted octanol–water partition coefficient (Wildman–Crippen LogP) is 11.8. The minimum absolute atomic E-state index is 0.128. The molecule has 6 unspecified atom stereocenters. The average Bonchev–Trinajstić information content (AvgIpc) is 3.27. The highest BCUT2D eigenvalue weighted by molar-refractivity contribution is 5.69. The van der Waals surface area contributed by atoms with Gasteiger partial charge in [0.15, 0.2) is 6.29 Å². The van der Waals surface area contributed by atoms with Gasteiger partial charge in [0, 0.05) is 13.0 Å². The maximum Gasteiger partial charge on any atom is 0.306 e. The zero-order chi connectivity index (χ0) is 45.0. The third kappa shape index (κ3) is 33.9. The molecule has 1 fully saturated rings. The van der Waals surface area contributed by atoms with Crippen LogP contribution < -0.4 is 0 Å². The van der Waals surface area contributed by atoms with Gasteiger partial charge in [-0.05, 0) is 89.9 Å². The zero-order valence-electron chi connectivity index (χ0n) is 39.1. The Hall–Kier alpha value is -2.63. The van der Waals surface area contributed by atoms with E-state index in [-0.39, 0.29) is 19.2 Å². The number of hydrogen-bond acceptors (Lipinski definition) is 9. The summed E-state index contributed by atoms with van der Waals surface area (Å²) in [7, 11) is 0. The first-order chi connectivity index (χ1) is 30.4. The Morgan fingerprint density at radius 2 is 0.984 bits per heavy atom. The molecule has 0 aromatic heterocycles. The topological polar surface area (TPSA) is 135 Å². The van der Waals surface area contributed by atoms with E-state index in [9.17, 15) is 25.2 Å². The van der Waals surface area contributed by atoms with E-state index in [0.29, 0.717) is 13.0 Å². The fourth-order valence-electron chi connectivity index (χ4n) is 6.96. The molecule has 0 spiro atoms. The van der Waals surface area contributed by atoms with Crippen LogP contribution in [0.25, 0.3) is 0 Å². The molecule has 1 aliphatic rings. The summed E-state index contributed by atoms with van der Waals surface area (Å²) in [6.45, 7) is 4.37. The van der Waals surface area contributed by atoms with Crippen LogP contribution >= 0.6 is 0 Å². The molecule has 1 saturated heterocycles. The van der Waals surface area contributed by atoms with E-state index < -0.39 is 43.4 Å². The molecule has 0 aromatic rings.